The molecule has 0 atom stereocenters. The zero-order valence-electron chi connectivity index (χ0n) is 18.4. The molecule has 0 unspecified atom stereocenters. The summed E-state index contributed by atoms with van der Waals surface area (Å²) >= 11 is 0. The Balaban J connectivity index is 1.77. The number of hydrogen-bond acceptors (Lipinski definition) is 6. The van der Waals surface area contributed by atoms with Crippen molar-refractivity contribution in [3.63, 3.8) is 0 Å². The van der Waals surface area contributed by atoms with Crippen LogP contribution in [-0.4, -0.2) is 37.4 Å². The van der Waals surface area contributed by atoms with Gasteiger partial charge in [0, 0.05) is 17.4 Å². The lowest BCUT2D eigenvalue weighted by atomic mass is 10.1. The van der Waals surface area contributed by atoms with Crippen LogP contribution in [0.4, 0.5) is 11.4 Å². The Labute approximate surface area is 190 Å². The number of anilines is 2. The SMILES string of the molecule is COc1ccc(NC(=O)c2c(N)c(C(=O)c3ccc(OC)c(OC)c3)n3ccccc23)cc1. The van der Waals surface area contributed by atoms with Crippen LogP contribution in [0.2, 0.25) is 0 Å². The van der Waals surface area contributed by atoms with Gasteiger partial charge in [0.1, 0.15) is 11.4 Å². The molecule has 4 aromatic rings. The van der Waals surface area contributed by atoms with E-state index in [2.05, 4.69) is 5.32 Å². The van der Waals surface area contributed by atoms with Crippen LogP contribution in [0.1, 0.15) is 26.4 Å². The molecule has 168 valence electrons. The van der Waals surface area contributed by atoms with Crippen LogP contribution < -0.4 is 25.3 Å². The van der Waals surface area contributed by atoms with Crippen molar-refractivity contribution in [2.24, 2.45) is 0 Å². The first kappa shape index (κ1) is 21.8. The number of aromatic nitrogens is 1. The number of methoxy groups -OCH3 is 3. The van der Waals surface area contributed by atoms with Crippen LogP contribution >= 0.6 is 0 Å². The minimum atomic E-state index is -0.423. The monoisotopic (exact) mass is 445 g/mol. The van der Waals surface area contributed by atoms with Gasteiger partial charge in [-0.05, 0) is 54.6 Å². The number of rotatable bonds is 7. The quantitative estimate of drug-likeness (QED) is 0.416. The highest BCUT2D eigenvalue weighted by Gasteiger charge is 2.26. The van der Waals surface area contributed by atoms with Crippen molar-refractivity contribution in [1.82, 2.24) is 4.40 Å². The van der Waals surface area contributed by atoms with Crippen LogP contribution in [0.25, 0.3) is 5.52 Å². The zero-order chi connectivity index (χ0) is 23.5. The average molecular weight is 445 g/mol. The van der Waals surface area contributed by atoms with Crippen molar-refractivity contribution >= 4 is 28.6 Å². The molecule has 0 aliphatic carbocycles. The molecule has 8 nitrogen and oxygen atoms in total. The standard InChI is InChI=1S/C25H23N3O5/c1-31-17-10-8-16(9-11-17)27-25(30)21-18-6-4-5-13-28(18)23(22(21)26)24(29)15-7-12-19(32-2)20(14-15)33-3/h4-14H,26H2,1-3H3,(H,27,30). The third-order valence-electron chi connectivity index (χ3n) is 5.32. The number of nitrogens with zero attached hydrogens (tertiary/aromatic N) is 1. The molecule has 33 heavy (non-hydrogen) atoms. The molecule has 0 fully saturated rings. The Hall–Kier alpha value is -4.46. The number of ether oxygens (including phenoxy) is 3. The molecule has 1 amide bonds. The zero-order valence-corrected chi connectivity index (χ0v) is 18.4. The van der Waals surface area contributed by atoms with Crippen LogP contribution in [0.5, 0.6) is 17.2 Å². The van der Waals surface area contributed by atoms with E-state index < -0.39 is 5.91 Å². The van der Waals surface area contributed by atoms with Gasteiger partial charge in [-0.3, -0.25) is 9.59 Å². The summed E-state index contributed by atoms with van der Waals surface area (Å²) in [6.45, 7) is 0. The summed E-state index contributed by atoms with van der Waals surface area (Å²) < 4.78 is 17.3. The maximum absolute atomic E-state index is 13.5. The molecule has 8 heteroatoms. The number of ketones is 1. The van der Waals surface area contributed by atoms with Crippen molar-refractivity contribution in [3.8, 4) is 17.2 Å². The first-order valence-corrected chi connectivity index (χ1v) is 10.1. The van der Waals surface area contributed by atoms with Crippen LogP contribution in [0.3, 0.4) is 0 Å². The number of carbonyl (C=O) groups excluding carboxylic acids is 2. The number of fused-ring (bicyclic) bond motifs is 1. The number of nitrogens with two attached hydrogens (primary N) is 1. The number of amides is 1. The Morgan fingerprint density at radius 1 is 0.879 bits per heavy atom. The van der Waals surface area contributed by atoms with Crippen molar-refractivity contribution in [2.45, 2.75) is 0 Å². The van der Waals surface area contributed by atoms with E-state index in [1.54, 1.807) is 78.4 Å². The lowest BCUT2D eigenvalue weighted by Crippen LogP contribution is -2.14. The Morgan fingerprint density at radius 3 is 2.27 bits per heavy atom. The van der Waals surface area contributed by atoms with Gasteiger partial charge in [0.2, 0.25) is 5.78 Å². The summed E-state index contributed by atoms with van der Waals surface area (Å²) in [7, 11) is 4.58. The fourth-order valence-electron chi connectivity index (χ4n) is 3.68. The number of carbonyl (C=O) groups is 2. The molecular weight excluding hydrogens is 422 g/mol. The molecule has 2 aromatic carbocycles. The van der Waals surface area contributed by atoms with Gasteiger partial charge >= 0.3 is 0 Å². The minimum Gasteiger partial charge on any atom is -0.497 e. The third kappa shape index (κ3) is 3.94. The number of benzene rings is 2. The summed E-state index contributed by atoms with van der Waals surface area (Å²) in [5, 5.41) is 2.83. The fourth-order valence-corrected chi connectivity index (χ4v) is 3.68. The van der Waals surface area contributed by atoms with Gasteiger partial charge in [-0.15, -0.1) is 0 Å². The van der Waals surface area contributed by atoms with E-state index >= 15 is 0 Å². The van der Waals surface area contributed by atoms with E-state index in [1.165, 1.54) is 14.2 Å². The maximum Gasteiger partial charge on any atom is 0.259 e. The normalized spacial score (nSPS) is 10.6. The Bertz CT molecular complexity index is 1340. The highest BCUT2D eigenvalue weighted by atomic mass is 16.5. The Kier molecular flexibility index (Phi) is 5.91. The average Bonchev–Trinajstić information content (AvgIpc) is 3.15. The van der Waals surface area contributed by atoms with E-state index in [1.807, 2.05) is 0 Å². The molecule has 4 rings (SSSR count). The maximum atomic E-state index is 13.5. The van der Waals surface area contributed by atoms with Gasteiger partial charge in [-0.1, -0.05) is 6.07 Å². The number of hydrogen-bond donors (Lipinski definition) is 2. The first-order chi connectivity index (χ1) is 16.0. The van der Waals surface area contributed by atoms with E-state index in [4.69, 9.17) is 19.9 Å². The van der Waals surface area contributed by atoms with E-state index in [9.17, 15) is 9.59 Å². The summed E-state index contributed by atoms with van der Waals surface area (Å²) in [6, 6.07) is 17.1. The molecule has 0 radical (unpaired) electrons. The predicted octanol–water partition coefficient (Wildman–Crippen LogP) is 4.03. The van der Waals surface area contributed by atoms with Crippen molar-refractivity contribution < 1.29 is 23.8 Å². The van der Waals surface area contributed by atoms with E-state index in [0.29, 0.717) is 34.0 Å². The largest absolute Gasteiger partial charge is 0.497 e. The number of nitrogens with one attached hydrogen (secondary N) is 1. The molecule has 0 aliphatic rings. The summed E-state index contributed by atoms with van der Waals surface area (Å²) in [4.78, 5) is 26.6. The van der Waals surface area contributed by atoms with E-state index in [-0.39, 0.29) is 22.7 Å². The summed E-state index contributed by atoms with van der Waals surface area (Å²) in [5.41, 5.74) is 8.35. The third-order valence-corrected chi connectivity index (χ3v) is 5.32. The van der Waals surface area contributed by atoms with Crippen LogP contribution in [0.15, 0.2) is 66.9 Å². The van der Waals surface area contributed by atoms with Crippen LogP contribution in [-0.2, 0) is 0 Å². The van der Waals surface area contributed by atoms with Crippen molar-refractivity contribution in [1.29, 1.82) is 0 Å². The Morgan fingerprint density at radius 2 is 1.61 bits per heavy atom. The number of nitrogen functional groups attached to an aromatic ring is 1. The van der Waals surface area contributed by atoms with E-state index in [0.717, 1.165) is 0 Å². The first-order valence-electron chi connectivity index (χ1n) is 10.1. The fraction of sp³-hybridized carbons (Fsp3) is 0.120. The van der Waals surface area contributed by atoms with Gasteiger partial charge in [-0.25, -0.2) is 0 Å². The lowest BCUT2D eigenvalue weighted by molar-refractivity contribution is 0.102. The predicted molar refractivity (Wildman–Crippen MR) is 126 cm³/mol. The smallest absolute Gasteiger partial charge is 0.259 e. The highest BCUT2D eigenvalue weighted by molar-refractivity contribution is 6.20. The lowest BCUT2D eigenvalue weighted by Gasteiger charge is -2.09. The second-order valence-electron chi connectivity index (χ2n) is 7.17. The van der Waals surface area contributed by atoms with Crippen LogP contribution in [0, 0.1) is 0 Å². The molecule has 2 aromatic heterocycles. The van der Waals surface area contributed by atoms with Gasteiger partial charge in [0.15, 0.2) is 11.5 Å². The van der Waals surface area contributed by atoms with Crippen molar-refractivity contribution in [2.75, 3.05) is 32.4 Å². The topological polar surface area (TPSA) is 104 Å². The van der Waals surface area contributed by atoms with Gasteiger partial charge < -0.3 is 29.7 Å². The molecule has 0 saturated carbocycles. The van der Waals surface area contributed by atoms with Gasteiger partial charge in [0.25, 0.3) is 5.91 Å². The molecule has 2 heterocycles. The molecule has 0 saturated heterocycles. The number of pyridine rings is 1. The minimum absolute atomic E-state index is 0.0898. The molecule has 0 bridgehead atoms. The second kappa shape index (κ2) is 8.96. The highest BCUT2D eigenvalue weighted by Crippen LogP contribution is 2.32. The molecule has 0 spiro atoms. The molecule has 0 aliphatic heterocycles. The molecule has 3 N–H and O–H groups in total. The van der Waals surface area contributed by atoms with Crippen molar-refractivity contribution in [3.05, 3.63) is 83.7 Å². The van der Waals surface area contributed by atoms with Gasteiger partial charge in [0.05, 0.1) is 38.1 Å². The second-order valence-corrected chi connectivity index (χ2v) is 7.17. The summed E-state index contributed by atoms with van der Waals surface area (Å²) in [5.74, 6) is 0.817. The molecular formula is C25H23N3O5. The van der Waals surface area contributed by atoms with Gasteiger partial charge in [-0.2, -0.15) is 0 Å². The summed E-state index contributed by atoms with van der Waals surface area (Å²) in [6.07, 6.45) is 1.70.